The van der Waals surface area contributed by atoms with Crippen molar-refractivity contribution in [3.05, 3.63) is 0 Å². The number of rotatable bonds is 6. The molecule has 0 amide bonds. The molecule has 0 aromatic heterocycles. The van der Waals surface area contributed by atoms with Gasteiger partial charge in [-0.15, -0.1) is 0 Å². The second-order valence-electron chi connectivity index (χ2n) is 2.53. The van der Waals surface area contributed by atoms with E-state index in [1.54, 1.807) is 0 Å². The first-order valence-electron chi connectivity index (χ1n) is 3.80. The predicted molar refractivity (Wildman–Crippen MR) is 50.2 cm³/mol. The van der Waals surface area contributed by atoms with Gasteiger partial charge >= 0.3 is 7.82 Å². The standard InChI is InChI=1S/C6H14BrO4P/c1-2-3-4-6(7)5-11-12(8,9)10/h6H,2-5H2,1H3,(H2,8,9,10). The quantitative estimate of drug-likeness (QED) is 0.567. The smallest absolute Gasteiger partial charge is 0.303 e. The van der Waals surface area contributed by atoms with Crippen LogP contribution in [0, 0.1) is 0 Å². The van der Waals surface area contributed by atoms with E-state index in [-0.39, 0.29) is 11.4 Å². The first-order valence-corrected chi connectivity index (χ1v) is 6.24. The number of unbranched alkanes of at least 4 members (excludes halogenated alkanes) is 1. The Balaban J connectivity index is 3.44. The van der Waals surface area contributed by atoms with Gasteiger partial charge < -0.3 is 9.79 Å². The zero-order valence-corrected chi connectivity index (χ0v) is 9.42. The summed E-state index contributed by atoms with van der Waals surface area (Å²) in [6, 6.07) is 0. The van der Waals surface area contributed by atoms with E-state index in [2.05, 4.69) is 27.4 Å². The number of hydrogen-bond acceptors (Lipinski definition) is 2. The lowest BCUT2D eigenvalue weighted by Gasteiger charge is -2.09. The van der Waals surface area contributed by atoms with Crippen molar-refractivity contribution in [1.82, 2.24) is 0 Å². The third-order valence-electron chi connectivity index (χ3n) is 1.29. The Labute approximate surface area is 80.7 Å². The molecule has 2 N–H and O–H groups in total. The van der Waals surface area contributed by atoms with Crippen LogP contribution in [0.4, 0.5) is 0 Å². The van der Waals surface area contributed by atoms with Crippen LogP contribution in [0.2, 0.25) is 0 Å². The summed E-state index contributed by atoms with van der Waals surface area (Å²) < 4.78 is 14.6. The van der Waals surface area contributed by atoms with Crippen molar-refractivity contribution >= 4 is 23.8 Å². The summed E-state index contributed by atoms with van der Waals surface area (Å²) in [6.45, 7) is 2.12. The molecule has 12 heavy (non-hydrogen) atoms. The minimum absolute atomic E-state index is 0.0325. The van der Waals surface area contributed by atoms with E-state index in [0.29, 0.717) is 0 Å². The van der Waals surface area contributed by atoms with Crippen LogP contribution in [-0.4, -0.2) is 21.2 Å². The van der Waals surface area contributed by atoms with Crippen molar-refractivity contribution in [3.8, 4) is 0 Å². The Morgan fingerprint density at radius 2 is 2.17 bits per heavy atom. The van der Waals surface area contributed by atoms with E-state index in [1.165, 1.54) is 0 Å². The van der Waals surface area contributed by atoms with Crippen molar-refractivity contribution in [2.24, 2.45) is 0 Å². The second kappa shape index (κ2) is 6.11. The van der Waals surface area contributed by atoms with Gasteiger partial charge in [0.05, 0.1) is 6.61 Å². The van der Waals surface area contributed by atoms with Crippen LogP contribution in [0.15, 0.2) is 0 Å². The minimum Gasteiger partial charge on any atom is -0.303 e. The van der Waals surface area contributed by atoms with E-state index in [0.717, 1.165) is 19.3 Å². The molecule has 6 heteroatoms. The van der Waals surface area contributed by atoms with Crippen LogP contribution in [0.3, 0.4) is 0 Å². The molecule has 0 fully saturated rings. The third kappa shape index (κ3) is 8.68. The summed E-state index contributed by atoms with van der Waals surface area (Å²) >= 11 is 3.26. The largest absolute Gasteiger partial charge is 0.469 e. The summed E-state index contributed by atoms with van der Waals surface area (Å²) in [7, 11) is -4.28. The van der Waals surface area contributed by atoms with Gasteiger partial charge in [0.2, 0.25) is 0 Å². The molecule has 1 unspecified atom stereocenters. The van der Waals surface area contributed by atoms with Crippen LogP contribution in [0.5, 0.6) is 0 Å². The number of phosphoric ester groups is 1. The van der Waals surface area contributed by atoms with Crippen molar-refractivity contribution in [3.63, 3.8) is 0 Å². The lowest BCUT2D eigenvalue weighted by atomic mass is 10.2. The molecule has 1 atom stereocenters. The first-order chi connectivity index (χ1) is 5.45. The topological polar surface area (TPSA) is 66.8 Å². The molecule has 4 nitrogen and oxygen atoms in total. The lowest BCUT2D eigenvalue weighted by molar-refractivity contribution is 0.196. The fourth-order valence-electron chi connectivity index (χ4n) is 0.687. The second-order valence-corrected chi connectivity index (χ2v) is 5.06. The van der Waals surface area contributed by atoms with E-state index in [9.17, 15) is 4.57 Å². The highest BCUT2D eigenvalue weighted by Crippen LogP contribution is 2.36. The molecule has 0 rings (SSSR count). The molecule has 0 radical (unpaired) electrons. The average molecular weight is 261 g/mol. The molecule has 74 valence electrons. The Morgan fingerprint density at radius 3 is 2.58 bits per heavy atom. The van der Waals surface area contributed by atoms with Crippen LogP contribution in [0.1, 0.15) is 26.2 Å². The molecule has 0 saturated carbocycles. The zero-order chi connectivity index (χ0) is 9.61. The van der Waals surface area contributed by atoms with Gasteiger partial charge in [0.15, 0.2) is 0 Å². The highest BCUT2D eigenvalue weighted by molar-refractivity contribution is 9.09. The van der Waals surface area contributed by atoms with E-state index < -0.39 is 7.82 Å². The predicted octanol–water partition coefficient (Wildman–Crippen LogP) is 2.05. The minimum atomic E-state index is -4.28. The van der Waals surface area contributed by atoms with Crippen molar-refractivity contribution < 1.29 is 18.9 Å². The molecule has 0 aliphatic heterocycles. The molecule has 0 aliphatic rings. The van der Waals surface area contributed by atoms with Crippen molar-refractivity contribution in [2.75, 3.05) is 6.61 Å². The van der Waals surface area contributed by atoms with E-state index >= 15 is 0 Å². The highest BCUT2D eigenvalue weighted by atomic mass is 79.9. The highest BCUT2D eigenvalue weighted by Gasteiger charge is 2.15. The van der Waals surface area contributed by atoms with Gasteiger partial charge in [-0.2, -0.15) is 0 Å². The maximum Gasteiger partial charge on any atom is 0.469 e. The van der Waals surface area contributed by atoms with Crippen LogP contribution in [0.25, 0.3) is 0 Å². The maximum atomic E-state index is 10.3. The Kier molecular flexibility index (Phi) is 6.41. The van der Waals surface area contributed by atoms with Gasteiger partial charge in [0.25, 0.3) is 0 Å². The summed E-state index contributed by atoms with van der Waals surface area (Å²) in [5.74, 6) is 0. The molecule has 0 aromatic carbocycles. The molecule has 0 saturated heterocycles. The van der Waals surface area contributed by atoms with Crippen molar-refractivity contribution in [1.29, 1.82) is 0 Å². The van der Waals surface area contributed by atoms with Crippen molar-refractivity contribution in [2.45, 2.75) is 31.0 Å². The summed E-state index contributed by atoms with van der Waals surface area (Å²) in [6.07, 6.45) is 2.97. The fraction of sp³-hybridized carbons (Fsp3) is 1.00. The number of halogens is 1. The number of alkyl halides is 1. The molecule has 0 aliphatic carbocycles. The van der Waals surface area contributed by atoms with Crippen LogP contribution in [-0.2, 0) is 9.09 Å². The van der Waals surface area contributed by atoms with Crippen LogP contribution < -0.4 is 0 Å². The lowest BCUT2D eigenvalue weighted by Crippen LogP contribution is -2.06. The summed E-state index contributed by atoms with van der Waals surface area (Å²) in [4.78, 5) is 16.8. The summed E-state index contributed by atoms with van der Waals surface area (Å²) in [5.41, 5.74) is 0. The van der Waals surface area contributed by atoms with Gasteiger partial charge in [-0.05, 0) is 6.42 Å². The molecule has 0 spiro atoms. The Hall–Kier alpha value is 0.590. The van der Waals surface area contributed by atoms with E-state index in [1.807, 2.05) is 0 Å². The molecule has 0 heterocycles. The van der Waals surface area contributed by atoms with Gasteiger partial charge in [0, 0.05) is 4.83 Å². The Morgan fingerprint density at radius 1 is 1.58 bits per heavy atom. The number of hydrogen-bond donors (Lipinski definition) is 2. The fourth-order valence-corrected chi connectivity index (χ4v) is 1.72. The zero-order valence-electron chi connectivity index (χ0n) is 6.94. The summed E-state index contributed by atoms with van der Waals surface area (Å²) in [5, 5.41) is 0. The SMILES string of the molecule is CCCCC(Br)COP(=O)(O)O. The third-order valence-corrected chi connectivity index (χ3v) is 2.50. The molecule has 0 bridgehead atoms. The Bertz CT molecular complexity index is 158. The van der Waals surface area contributed by atoms with Crippen LogP contribution >= 0.6 is 23.8 Å². The maximum absolute atomic E-state index is 10.3. The first kappa shape index (κ1) is 12.6. The van der Waals surface area contributed by atoms with Gasteiger partial charge in [-0.3, -0.25) is 4.52 Å². The monoisotopic (exact) mass is 260 g/mol. The molecule has 0 aromatic rings. The molecular weight excluding hydrogens is 247 g/mol. The van der Waals surface area contributed by atoms with Gasteiger partial charge in [0.1, 0.15) is 0 Å². The normalized spacial score (nSPS) is 14.7. The number of phosphoric acid groups is 1. The molecular formula is C6H14BrO4P. The van der Waals surface area contributed by atoms with Gasteiger partial charge in [-0.1, -0.05) is 35.7 Å². The van der Waals surface area contributed by atoms with E-state index in [4.69, 9.17) is 9.79 Å². The average Bonchev–Trinajstić information content (AvgIpc) is 1.95. The van der Waals surface area contributed by atoms with Gasteiger partial charge in [-0.25, -0.2) is 4.57 Å².